The average molecular weight is 169 g/mol. The molecule has 0 saturated carbocycles. The van der Waals surface area contributed by atoms with E-state index in [4.69, 9.17) is 9.15 Å². The van der Waals surface area contributed by atoms with Crippen LogP contribution in [-0.2, 0) is 11.2 Å². The van der Waals surface area contributed by atoms with E-state index in [-0.39, 0.29) is 0 Å². The van der Waals surface area contributed by atoms with Crippen LogP contribution in [0, 0.1) is 13.8 Å². The van der Waals surface area contributed by atoms with Gasteiger partial charge in [0.15, 0.2) is 5.89 Å². The second-order valence-electron chi connectivity index (χ2n) is 2.83. The number of hydrogen-bond acceptors (Lipinski definition) is 3. The number of aromatic nitrogens is 1. The fourth-order valence-electron chi connectivity index (χ4n) is 1.19. The molecule has 0 aliphatic rings. The molecule has 0 fully saturated rings. The molecular formula is C9H15NO2. The highest BCUT2D eigenvalue weighted by atomic mass is 16.5. The average Bonchev–Trinajstić information content (AvgIpc) is 2.31. The molecule has 68 valence electrons. The van der Waals surface area contributed by atoms with Crippen molar-refractivity contribution < 1.29 is 9.15 Å². The zero-order chi connectivity index (χ0) is 8.97. The van der Waals surface area contributed by atoms with Crippen LogP contribution in [0.3, 0.4) is 0 Å². The summed E-state index contributed by atoms with van der Waals surface area (Å²) in [7, 11) is 1.71. The third kappa shape index (κ3) is 2.34. The fraction of sp³-hybridized carbons (Fsp3) is 0.667. The van der Waals surface area contributed by atoms with E-state index in [1.54, 1.807) is 7.11 Å². The van der Waals surface area contributed by atoms with E-state index in [2.05, 4.69) is 4.98 Å². The molecule has 3 nitrogen and oxygen atoms in total. The Morgan fingerprint density at radius 2 is 2.17 bits per heavy atom. The number of aryl methyl sites for hydroxylation is 3. The Morgan fingerprint density at radius 1 is 1.42 bits per heavy atom. The maximum atomic E-state index is 5.29. The predicted octanol–water partition coefficient (Wildman–Crippen LogP) is 1.87. The van der Waals surface area contributed by atoms with E-state index in [1.807, 2.05) is 13.8 Å². The second-order valence-corrected chi connectivity index (χ2v) is 2.83. The molecule has 0 amide bonds. The van der Waals surface area contributed by atoms with Gasteiger partial charge >= 0.3 is 0 Å². The highest BCUT2D eigenvalue weighted by molar-refractivity contribution is 5.07. The molecule has 0 radical (unpaired) electrons. The molecule has 3 heteroatoms. The maximum Gasteiger partial charge on any atom is 0.191 e. The van der Waals surface area contributed by atoms with Crippen LogP contribution >= 0.6 is 0 Å². The van der Waals surface area contributed by atoms with Crippen LogP contribution in [0.25, 0.3) is 0 Å². The minimum absolute atomic E-state index is 0.750. The van der Waals surface area contributed by atoms with E-state index in [1.165, 1.54) is 0 Å². The number of oxazole rings is 1. The van der Waals surface area contributed by atoms with Gasteiger partial charge in [0.05, 0.1) is 5.69 Å². The van der Waals surface area contributed by atoms with E-state index in [9.17, 15) is 0 Å². The molecule has 0 aliphatic carbocycles. The van der Waals surface area contributed by atoms with Gasteiger partial charge in [-0.3, -0.25) is 0 Å². The van der Waals surface area contributed by atoms with Gasteiger partial charge in [-0.15, -0.1) is 0 Å². The molecule has 1 aromatic rings. The highest BCUT2D eigenvalue weighted by Gasteiger charge is 2.04. The Morgan fingerprint density at radius 3 is 2.67 bits per heavy atom. The number of methoxy groups -OCH3 is 1. The smallest absolute Gasteiger partial charge is 0.191 e. The summed E-state index contributed by atoms with van der Waals surface area (Å²) in [5.41, 5.74) is 1.06. The third-order valence-electron chi connectivity index (χ3n) is 1.76. The summed E-state index contributed by atoms with van der Waals surface area (Å²) in [5.74, 6) is 1.68. The molecular weight excluding hydrogens is 154 g/mol. The lowest BCUT2D eigenvalue weighted by Crippen LogP contribution is -1.94. The zero-order valence-electron chi connectivity index (χ0n) is 7.89. The molecule has 0 atom stereocenters. The number of ether oxygens (including phenoxy) is 1. The van der Waals surface area contributed by atoms with Crippen molar-refractivity contribution in [2.24, 2.45) is 0 Å². The molecule has 12 heavy (non-hydrogen) atoms. The lowest BCUT2D eigenvalue weighted by atomic mass is 10.2. The molecule has 0 spiro atoms. The minimum atomic E-state index is 0.750. The Kier molecular flexibility index (Phi) is 3.29. The van der Waals surface area contributed by atoms with Gasteiger partial charge in [-0.05, 0) is 19.8 Å². The Balaban J connectivity index is 2.45. The summed E-state index contributed by atoms with van der Waals surface area (Å²) in [6.07, 6.45) is 1.94. The van der Waals surface area contributed by atoms with E-state index in [0.29, 0.717) is 0 Å². The monoisotopic (exact) mass is 169 g/mol. The Labute approximate surface area is 72.7 Å². The molecule has 0 unspecified atom stereocenters. The molecule has 0 saturated heterocycles. The topological polar surface area (TPSA) is 35.3 Å². The van der Waals surface area contributed by atoms with Crippen LogP contribution in [0.2, 0.25) is 0 Å². The van der Waals surface area contributed by atoms with E-state index in [0.717, 1.165) is 36.8 Å². The van der Waals surface area contributed by atoms with Crippen LogP contribution in [0.15, 0.2) is 4.42 Å². The van der Waals surface area contributed by atoms with Crippen LogP contribution < -0.4 is 0 Å². The summed E-state index contributed by atoms with van der Waals surface area (Å²) >= 11 is 0. The van der Waals surface area contributed by atoms with Gasteiger partial charge < -0.3 is 9.15 Å². The summed E-state index contributed by atoms with van der Waals surface area (Å²) in [5, 5.41) is 0. The summed E-state index contributed by atoms with van der Waals surface area (Å²) in [6, 6.07) is 0. The first kappa shape index (κ1) is 9.26. The van der Waals surface area contributed by atoms with Crippen molar-refractivity contribution in [3.8, 4) is 0 Å². The molecule has 0 aromatic carbocycles. The molecule has 1 aromatic heterocycles. The van der Waals surface area contributed by atoms with Crippen molar-refractivity contribution in [1.82, 2.24) is 4.98 Å². The highest BCUT2D eigenvalue weighted by Crippen LogP contribution is 2.10. The first-order chi connectivity index (χ1) is 5.74. The largest absolute Gasteiger partial charge is 0.446 e. The minimum Gasteiger partial charge on any atom is -0.446 e. The predicted molar refractivity (Wildman–Crippen MR) is 46.2 cm³/mol. The normalized spacial score (nSPS) is 10.6. The van der Waals surface area contributed by atoms with Gasteiger partial charge in [-0.1, -0.05) is 0 Å². The standard InChI is InChI=1S/C9H15NO2/c1-7-9(5-4-6-11-3)10-8(2)12-7/h4-6H2,1-3H3. The van der Waals surface area contributed by atoms with Crippen LogP contribution in [0.4, 0.5) is 0 Å². The van der Waals surface area contributed by atoms with Crippen LogP contribution in [0.1, 0.15) is 23.8 Å². The number of hydrogen-bond donors (Lipinski definition) is 0. The van der Waals surface area contributed by atoms with E-state index < -0.39 is 0 Å². The molecule has 0 N–H and O–H groups in total. The van der Waals surface area contributed by atoms with Crippen molar-refractivity contribution in [3.05, 3.63) is 17.3 Å². The van der Waals surface area contributed by atoms with Crippen molar-refractivity contribution in [2.45, 2.75) is 26.7 Å². The van der Waals surface area contributed by atoms with Crippen molar-refractivity contribution in [1.29, 1.82) is 0 Å². The maximum absolute atomic E-state index is 5.29. The first-order valence-corrected chi connectivity index (χ1v) is 4.16. The van der Waals surface area contributed by atoms with Crippen LogP contribution in [0.5, 0.6) is 0 Å². The van der Waals surface area contributed by atoms with Gasteiger partial charge in [0.2, 0.25) is 0 Å². The Bertz CT molecular complexity index is 243. The summed E-state index contributed by atoms with van der Waals surface area (Å²) in [6.45, 7) is 4.60. The van der Waals surface area contributed by atoms with Crippen molar-refractivity contribution in [2.75, 3.05) is 13.7 Å². The lowest BCUT2D eigenvalue weighted by molar-refractivity contribution is 0.195. The van der Waals surface area contributed by atoms with Gasteiger partial charge in [0, 0.05) is 20.6 Å². The second kappa shape index (κ2) is 4.26. The molecule has 0 bridgehead atoms. The first-order valence-electron chi connectivity index (χ1n) is 4.16. The number of rotatable bonds is 4. The van der Waals surface area contributed by atoms with Crippen LogP contribution in [-0.4, -0.2) is 18.7 Å². The summed E-state index contributed by atoms with van der Waals surface area (Å²) < 4.78 is 10.2. The molecule has 1 heterocycles. The van der Waals surface area contributed by atoms with Gasteiger partial charge in [0.25, 0.3) is 0 Å². The third-order valence-corrected chi connectivity index (χ3v) is 1.76. The van der Waals surface area contributed by atoms with Crippen molar-refractivity contribution >= 4 is 0 Å². The SMILES string of the molecule is COCCCc1nc(C)oc1C. The van der Waals surface area contributed by atoms with Gasteiger partial charge in [-0.2, -0.15) is 0 Å². The van der Waals surface area contributed by atoms with Crippen molar-refractivity contribution in [3.63, 3.8) is 0 Å². The lowest BCUT2D eigenvalue weighted by Gasteiger charge is -1.96. The zero-order valence-corrected chi connectivity index (χ0v) is 7.89. The van der Waals surface area contributed by atoms with Gasteiger partial charge in [-0.25, -0.2) is 4.98 Å². The van der Waals surface area contributed by atoms with Gasteiger partial charge in [0.1, 0.15) is 5.76 Å². The Hall–Kier alpha value is -0.830. The molecule has 0 aliphatic heterocycles. The quantitative estimate of drug-likeness (QED) is 0.645. The fourth-order valence-corrected chi connectivity index (χ4v) is 1.19. The summed E-state index contributed by atoms with van der Waals surface area (Å²) in [4.78, 5) is 4.26. The number of nitrogens with zero attached hydrogens (tertiary/aromatic N) is 1. The van der Waals surface area contributed by atoms with E-state index >= 15 is 0 Å². The molecule has 1 rings (SSSR count).